The number of carbonyl (C=O) groups is 1. The number of benzene rings is 2. The maximum absolute atomic E-state index is 13.6. The number of carbonyl (C=O) groups excluding carboxylic acids is 1. The first-order valence-electron chi connectivity index (χ1n) is 11.5. The molecular weight excluding hydrogens is 490 g/mol. The molecule has 1 aromatic heterocycles. The SMILES string of the molecule is CCOc1ccc(C(=O)N(CCCN2CCOCC2)c2nc3c(OC)ccc(OC)c3s2)cc1.Cl. The van der Waals surface area contributed by atoms with Gasteiger partial charge in [0, 0.05) is 31.7 Å². The standard InChI is InChI=1S/C25H31N3O5S.ClH/c1-4-33-19-8-6-18(7-9-19)24(29)28(13-5-12-27-14-16-32-17-15-27)25-26-22-20(30-2)10-11-21(31-3)23(22)34-25;/h6-11H,4-5,12-17H2,1-3H3;1H. The summed E-state index contributed by atoms with van der Waals surface area (Å²) in [7, 11) is 3.25. The van der Waals surface area contributed by atoms with Gasteiger partial charge in [-0.15, -0.1) is 12.4 Å². The van der Waals surface area contributed by atoms with Gasteiger partial charge in [0.25, 0.3) is 5.91 Å². The Morgan fingerprint density at radius 2 is 1.77 bits per heavy atom. The van der Waals surface area contributed by atoms with Gasteiger partial charge in [-0.25, -0.2) is 4.98 Å². The summed E-state index contributed by atoms with van der Waals surface area (Å²) < 4.78 is 22.9. The van der Waals surface area contributed by atoms with Crippen LogP contribution in [-0.4, -0.2) is 76.0 Å². The second-order valence-corrected chi connectivity index (χ2v) is 8.84. The van der Waals surface area contributed by atoms with Crippen LogP contribution < -0.4 is 19.1 Å². The van der Waals surface area contributed by atoms with E-state index < -0.39 is 0 Å². The first kappa shape index (κ1) is 27.0. The predicted molar refractivity (Wildman–Crippen MR) is 141 cm³/mol. The molecule has 190 valence electrons. The first-order chi connectivity index (χ1) is 16.6. The van der Waals surface area contributed by atoms with E-state index in [1.807, 2.05) is 31.2 Å². The van der Waals surface area contributed by atoms with Gasteiger partial charge in [0.2, 0.25) is 0 Å². The van der Waals surface area contributed by atoms with E-state index in [9.17, 15) is 4.79 Å². The Balaban J connectivity index is 0.00000342. The zero-order valence-corrected chi connectivity index (χ0v) is 22.0. The van der Waals surface area contributed by atoms with E-state index in [2.05, 4.69) is 4.90 Å². The molecule has 2 heterocycles. The third kappa shape index (κ3) is 6.35. The molecule has 10 heteroatoms. The van der Waals surface area contributed by atoms with E-state index in [1.165, 1.54) is 11.3 Å². The molecule has 0 atom stereocenters. The highest BCUT2D eigenvalue weighted by molar-refractivity contribution is 7.22. The van der Waals surface area contributed by atoms with Gasteiger partial charge in [-0.1, -0.05) is 11.3 Å². The van der Waals surface area contributed by atoms with Gasteiger partial charge in [-0.3, -0.25) is 14.6 Å². The molecule has 0 aliphatic carbocycles. The molecule has 0 N–H and O–H groups in total. The van der Waals surface area contributed by atoms with Crippen LogP contribution in [0.2, 0.25) is 0 Å². The van der Waals surface area contributed by atoms with Crippen LogP contribution in [0.5, 0.6) is 17.2 Å². The van der Waals surface area contributed by atoms with Crippen molar-refractivity contribution in [3.8, 4) is 17.2 Å². The average Bonchev–Trinajstić information content (AvgIpc) is 3.32. The summed E-state index contributed by atoms with van der Waals surface area (Å²) in [6.45, 7) is 7.31. The number of fused-ring (bicyclic) bond motifs is 1. The van der Waals surface area contributed by atoms with E-state index >= 15 is 0 Å². The molecule has 1 amide bonds. The second kappa shape index (κ2) is 12.9. The number of hydrogen-bond acceptors (Lipinski definition) is 8. The second-order valence-electron chi connectivity index (χ2n) is 7.87. The highest BCUT2D eigenvalue weighted by Crippen LogP contribution is 2.40. The van der Waals surface area contributed by atoms with Crippen LogP contribution in [-0.2, 0) is 4.74 Å². The molecule has 4 rings (SSSR count). The lowest BCUT2D eigenvalue weighted by Crippen LogP contribution is -2.39. The van der Waals surface area contributed by atoms with Gasteiger partial charge in [0.15, 0.2) is 5.13 Å². The number of hydrogen-bond donors (Lipinski definition) is 0. The summed E-state index contributed by atoms with van der Waals surface area (Å²) in [6, 6.07) is 11.0. The molecule has 1 fully saturated rings. The van der Waals surface area contributed by atoms with E-state index in [-0.39, 0.29) is 18.3 Å². The maximum atomic E-state index is 13.6. The van der Waals surface area contributed by atoms with Crippen LogP contribution >= 0.6 is 23.7 Å². The molecule has 0 saturated carbocycles. The zero-order chi connectivity index (χ0) is 23.9. The van der Waals surface area contributed by atoms with Crippen molar-refractivity contribution >= 4 is 45.0 Å². The molecule has 1 saturated heterocycles. The summed E-state index contributed by atoms with van der Waals surface area (Å²) >= 11 is 1.44. The summed E-state index contributed by atoms with van der Waals surface area (Å²) in [5.41, 5.74) is 1.28. The van der Waals surface area contributed by atoms with E-state index in [0.29, 0.717) is 40.9 Å². The van der Waals surface area contributed by atoms with Gasteiger partial charge in [0.05, 0.1) is 34.0 Å². The summed E-state index contributed by atoms with van der Waals surface area (Å²) in [4.78, 5) is 22.6. The molecule has 3 aromatic rings. The lowest BCUT2D eigenvalue weighted by atomic mass is 10.2. The fraction of sp³-hybridized carbons (Fsp3) is 0.440. The number of ether oxygens (including phenoxy) is 4. The number of nitrogens with zero attached hydrogens (tertiary/aromatic N) is 3. The van der Waals surface area contributed by atoms with Gasteiger partial charge >= 0.3 is 0 Å². The molecule has 35 heavy (non-hydrogen) atoms. The van der Waals surface area contributed by atoms with E-state index in [4.69, 9.17) is 23.9 Å². The van der Waals surface area contributed by atoms with Crippen LogP contribution in [0.3, 0.4) is 0 Å². The third-order valence-corrected chi connectivity index (χ3v) is 6.84. The molecule has 8 nitrogen and oxygen atoms in total. The number of thiazole rings is 1. The lowest BCUT2D eigenvalue weighted by Gasteiger charge is -2.27. The average molecular weight is 522 g/mol. The summed E-state index contributed by atoms with van der Waals surface area (Å²) in [6.07, 6.45) is 0.826. The monoisotopic (exact) mass is 521 g/mol. The highest BCUT2D eigenvalue weighted by atomic mass is 35.5. The van der Waals surface area contributed by atoms with Crippen molar-refractivity contribution in [1.29, 1.82) is 0 Å². The minimum atomic E-state index is -0.0954. The minimum absolute atomic E-state index is 0. The van der Waals surface area contributed by atoms with Crippen molar-refractivity contribution in [3.05, 3.63) is 42.0 Å². The van der Waals surface area contributed by atoms with Gasteiger partial charge in [-0.05, 0) is 49.7 Å². The van der Waals surface area contributed by atoms with Crippen molar-refractivity contribution in [3.63, 3.8) is 0 Å². The van der Waals surface area contributed by atoms with Crippen LogP contribution in [0.15, 0.2) is 36.4 Å². The normalized spacial score (nSPS) is 13.8. The van der Waals surface area contributed by atoms with Gasteiger partial charge < -0.3 is 18.9 Å². The Hall–Kier alpha value is -2.59. The fourth-order valence-corrected chi connectivity index (χ4v) is 5.07. The Morgan fingerprint density at radius 1 is 1.09 bits per heavy atom. The van der Waals surface area contributed by atoms with Crippen LogP contribution in [0.4, 0.5) is 5.13 Å². The van der Waals surface area contributed by atoms with Crippen LogP contribution in [0.1, 0.15) is 23.7 Å². The first-order valence-corrected chi connectivity index (χ1v) is 12.3. The number of methoxy groups -OCH3 is 2. The Kier molecular flexibility index (Phi) is 9.97. The van der Waals surface area contributed by atoms with Crippen molar-refractivity contribution in [1.82, 2.24) is 9.88 Å². The number of rotatable bonds is 10. The highest BCUT2D eigenvalue weighted by Gasteiger charge is 2.24. The molecule has 1 aliphatic rings. The molecule has 1 aliphatic heterocycles. The lowest BCUT2D eigenvalue weighted by molar-refractivity contribution is 0.0376. The minimum Gasteiger partial charge on any atom is -0.495 e. The number of anilines is 1. The molecule has 0 radical (unpaired) electrons. The fourth-order valence-electron chi connectivity index (χ4n) is 3.97. The van der Waals surface area contributed by atoms with Crippen LogP contribution in [0.25, 0.3) is 10.2 Å². The molecule has 2 aromatic carbocycles. The summed E-state index contributed by atoms with van der Waals surface area (Å²) in [5.74, 6) is 2.01. The molecule has 0 spiro atoms. The van der Waals surface area contributed by atoms with E-state index in [0.717, 1.165) is 49.7 Å². The zero-order valence-electron chi connectivity index (χ0n) is 20.3. The Morgan fingerprint density at radius 3 is 2.43 bits per heavy atom. The number of aromatic nitrogens is 1. The Labute approximate surface area is 216 Å². The predicted octanol–water partition coefficient (Wildman–Crippen LogP) is 4.50. The quantitative estimate of drug-likeness (QED) is 0.389. The van der Waals surface area contributed by atoms with Crippen molar-refractivity contribution in [2.75, 3.05) is 65.1 Å². The van der Waals surface area contributed by atoms with Gasteiger partial charge in [-0.2, -0.15) is 0 Å². The summed E-state index contributed by atoms with van der Waals surface area (Å²) in [5, 5.41) is 0.624. The topological polar surface area (TPSA) is 73.4 Å². The third-order valence-electron chi connectivity index (χ3n) is 5.75. The van der Waals surface area contributed by atoms with Crippen molar-refractivity contribution in [2.24, 2.45) is 0 Å². The number of morpholine rings is 1. The largest absolute Gasteiger partial charge is 0.495 e. The van der Waals surface area contributed by atoms with E-state index in [1.54, 1.807) is 31.3 Å². The van der Waals surface area contributed by atoms with Crippen LogP contribution in [0, 0.1) is 0 Å². The Bertz CT molecular complexity index is 1060. The smallest absolute Gasteiger partial charge is 0.260 e. The van der Waals surface area contributed by atoms with Gasteiger partial charge in [0.1, 0.15) is 27.5 Å². The molecule has 0 unspecified atom stereocenters. The molecular formula is C25H32ClN3O5S. The maximum Gasteiger partial charge on any atom is 0.260 e. The van der Waals surface area contributed by atoms with Crippen molar-refractivity contribution in [2.45, 2.75) is 13.3 Å². The number of amides is 1. The number of halogens is 1. The molecule has 0 bridgehead atoms. The van der Waals surface area contributed by atoms with Crippen molar-refractivity contribution < 1.29 is 23.7 Å².